The fraction of sp³-hybridized carbons (Fsp3) is 0.182. The summed E-state index contributed by atoms with van der Waals surface area (Å²) in [4.78, 5) is 26.9. The number of thioether (sulfide) groups is 1. The van der Waals surface area contributed by atoms with Crippen LogP contribution in [0.4, 0.5) is 11.1 Å². The van der Waals surface area contributed by atoms with Crippen LogP contribution < -0.4 is 5.32 Å². The standard InChI is InChI=1S/C22H20N4O2S2/c1-3-28-20(27)16-12-23-21(26-22-25-17-6-4-5-7-19(17)30-22)24-18(16)13-29-15-10-8-14(2)9-11-15/h4-12H,3,13H2,1-2H3,(H,23,24,25,26). The SMILES string of the molecule is CCOC(=O)c1cnc(Nc2nc3ccccc3s2)nc1CSc1ccc(C)cc1. The summed E-state index contributed by atoms with van der Waals surface area (Å²) in [6.45, 7) is 4.13. The number of esters is 1. The highest BCUT2D eigenvalue weighted by Crippen LogP contribution is 2.28. The Hall–Kier alpha value is -2.97. The zero-order valence-corrected chi connectivity index (χ0v) is 18.2. The molecule has 30 heavy (non-hydrogen) atoms. The Morgan fingerprint density at radius 3 is 2.70 bits per heavy atom. The molecule has 4 aromatic rings. The maximum atomic E-state index is 12.4. The molecule has 0 atom stereocenters. The molecule has 0 aliphatic rings. The van der Waals surface area contributed by atoms with Gasteiger partial charge in [-0.15, -0.1) is 11.8 Å². The Morgan fingerprint density at radius 2 is 1.93 bits per heavy atom. The van der Waals surface area contributed by atoms with Crippen molar-refractivity contribution >= 4 is 50.4 Å². The second-order valence-corrected chi connectivity index (χ2v) is 8.57. The van der Waals surface area contributed by atoms with Gasteiger partial charge in [0.05, 0.1) is 22.5 Å². The van der Waals surface area contributed by atoms with E-state index < -0.39 is 5.97 Å². The fourth-order valence-electron chi connectivity index (χ4n) is 2.77. The van der Waals surface area contributed by atoms with Crippen molar-refractivity contribution in [1.82, 2.24) is 15.0 Å². The number of nitrogens with one attached hydrogen (secondary N) is 1. The third-order valence-electron chi connectivity index (χ3n) is 4.27. The van der Waals surface area contributed by atoms with Crippen LogP contribution in [0.5, 0.6) is 0 Å². The minimum Gasteiger partial charge on any atom is -0.462 e. The highest BCUT2D eigenvalue weighted by Gasteiger charge is 2.17. The molecular formula is C22H20N4O2S2. The molecule has 0 spiro atoms. The topological polar surface area (TPSA) is 77.0 Å². The van der Waals surface area contributed by atoms with Gasteiger partial charge in [0.25, 0.3) is 0 Å². The number of ether oxygens (including phenoxy) is 1. The van der Waals surface area contributed by atoms with Gasteiger partial charge >= 0.3 is 5.97 Å². The van der Waals surface area contributed by atoms with Crippen molar-refractivity contribution in [2.45, 2.75) is 24.5 Å². The maximum absolute atomic E-state index is 12.4. The average molecular weight is 437 g/mol. The molecule has 8 heteroatoms. The molecule has 152 valence electrons. The summed E-state index contributed by atoms with van der Waals surface area (Å²) < 4.78 is 6.26. The average Bonchev–Trinajstić information content (AvgIpc) is 3.16. The number of para-hydroxylation sites is 1. The Kier molecular flexibility index (Phi) is 6.25. The number of anilines is 2. The summed E-state index contributed by atoms with van der Waals surface area (Å²) in [6.07, 6.45) is 1.52. The molecule has 2 aromatic heterocycles. The summed E-state index contributed by atoms with van der Waals surface area (Å²) in [5.74, 6) is 0.513. The highest BCUT2D eigenvalue weighted by molar-refractivity contribution is 7.98. The molecule has 0 fully saturated rings. The number of rotatable bonds is 7. The van der Waals surface area contributed by atoms with Crippen LogP contribution in [0, 0.1) is 6.92 Å². The number of fused-ring (bicyclic) bond motifs is 1. The van der Waals surface area contributed by atoms with Crippen molar-refractivity contribution in [2.24, 2.45) is 0 Å². The number of benzene rings is 2. The van der Waals surface area contributed by atoms with Crippen LogP contribution in [0.3, 0.4) is 0 Å². The number of aryl methyl sites for hydroxylation is 1. The third-order valence-corrected chi connectivity index (χ3v) is 6.25. The molecule has 0 aliphatic carbocycles. The molecule has 4 rings (SSSR count). The second kappa shape index (κ2) is 9.23. The van der Waals surface area contributed by atoms with E-state index in [0.717, 1.165) is 15.1 Å². The van der Waals surface area contributed by atoms with Gasteiger partial charge in [-0.3, -0.25) is 0 Å². The smallest absolute Gasteiger partial charge is 0.341 e. The lowest BCUT2D eigenvalue weighted by Gasteiger charge is -2.10. The molecular weight excluding hydrogens is 416 g/mol. The number of aromatic nitrogens is 3. The first-order valence-corrected chi connectivity index (χ1v) is 11.3. The molecule has 0 radical (unpaired) electrons. The van der Waals surface area contributed by atoms with Crippen LogP contribution >= 0.6 is 23.1 Å². The molecule has 2 aromatic carbocycles. The lowest BCUT2D eigenvalue weighted by Crippen LogP contribution is -2.11. The van der Waals surface area contributed by atoms with Gasteiger partial charge in [-0.1, -0.05) is 41.2 Å². The van der Waals surface area contributed by atoms with E-state index in [-0.39, 0.29) is 0 Å². The lowest BCUT2D eigenvalue weighted by molar-refractivity contribution is 0.0524. The van der Waals surface area contributed by atoms with Crippen LogP contribution in [0.1, 0.15) is 28.5 Å². The van der Waals surface area contributed by atoms with E-state index in [0.29, 0.717) is 34.7 Å². The van der Waals surface area contributed by atoms with Crippen LogP contribution in [0.2, 0.25) is 0 Å². The van der Waals surface area contributed by atoms with Crippen molar-refractivity contribution in [3.63, 3.8) is 0 Å². The van der Waals surface area contributed by atoms with Crippen LogP contribution in [-0.4, -0.2) is 27.5 Å². The lowest BCUT2D eigenvalue weighted by atomic mass is 10.2. The Labute approximate surface area is 182 Å². The largest absolute Gasteiger partial charge is 0.462 e. The number of thiazole rings is 1. The Morgan fingerprint density at radius 1 is 1.13 bits per heavy atom. The normalized spacial score (nSPS) is 10.9. The number of carbonyl (C=O) groups excluding carboxylic acids is 1. The summed E-state index contributed by atoms with van der Waals surface area (Å²) in [7, 11) is 0. The number of carbonyl (C=O) groups is 1. The summed E-state index contributed by atoms with van der Waals surface area (Å²) in [5.41, 5.74) is 3.13. The van der Waals surface area contributed by atoms with Crippen molar-refractivity contribution < 1.29 is 9.53 Å². The molecule has 0 bridgehead atoms. The number of hydrogen-bond donors (Lipinski definition) is 1. The van der Waals surface area contributed by atoms with Gasteiger partial charge < -0.3 is 10.1 Å². The molecule has 1 N–H and O–H groups in total. The minimum absolute atomic E-state index is 0.301. The fourth-order valence-corrected chi connectivity index (χ4v) is 4.49. The molecule has 0 aliphatic heterocycles. The van der Waals surface area contributed by atoms with Gasteiger partial charge in [0.1, 0.15) is 5.56 Å². The van der Waals surface area contributed by atoms with E-state index in [1.807, 2.05) is 24.3 Å². The predicted molar refractivity (Wildman–Crippen MR) is 122 cm³/mol. The molecule has 0 saturated carbocycles. The first-order chi connectivity index (χ1) is 14.6. The van der Waals surface area contributed by atoms with E-state index >= 15 is 0 Å². The molecule has 0 saturated heterocycles. The third kappa shape index (κ3) is 4.77. The van der Waals surface area contributed by atoms with Gasteiger partial charge in [-0.2, -0.15) is 0 Å². The van der Waals surface area contributed by atoms with E-state index in [1.165, 1.54) is 23.1 Å². The van der Waals surface area contributed by atoms with Crippen LogP contribution in [-0.2, 0) is 10.5 Å². The first kappa shape index (κ1) is 20.3. The van der Waals surface area contributed by atoms with Crippen LogP contribution in [0.15, 0.2) is 59.6 Å². The number of nitrogens with zero attached hydrogens (tertiary/aromatic N) is 3. The zero-order chi connectivity index (χ0) is 20.9. The molecule has 0 amide bonds. The van der Waals surface area contributed by atoms with Gasteiger partial charge in [-0.05, 0) is 38.1 Å². The van der Waals surface area contributed by atoms with Crippen molar-refractivity contribution in [2.75, 3.05) is 11.9 Å². The van der Waals surface area contributed by atoms with E-state index in [9.17, 15) is 4.79 Å². The maximum Gasteiger partial charge on any atom is 0.341 e. The highest BCUT2D eigenvalue weighted by atomic mass is 32.2. The summed E-state index contributed by atoms with van der Waals surface area (Å²) in [5, 5.41) is 3.87. The van der Waals surface area contributed by atoms with E-state index in [4.69, 9.17) is 4.74 Å². The predicted octanol–water partition coefficient (Wildman–Crippen LogP) is 5.61. The van der Waals surface area contributed by atoms with Gasteiger partial charge in [0, 0.05) is 16.8 Å². The number of hydrogen-bond acceptors (Lipinski definition) is 8. The van der Waals surface area contributed by atoms with Gasteiger partial charge in [0.2, 0.25) is 5.95 Å². The molecule has 2 heterocycles. The summed E-state index contributed by atoms with van der Waals surface area (Å²) >= 11 is 3.14. The van der Waals surface area contributed by atoms with Gasteiger partial charge in [-0.25, -0.2) is 19.7 Å². The first-order valence-electron chi connectivity index (χ1n) is 9.47. The van der Waals surface area contributed by atoms with E-state index in [2.05, 4.69) is 51.5 Å². The van der Waals surface area contributed by atoms with Crippen LogP contribution in [0.25, 0.3) is 10.2 Å². The molecule has 6 nitrogen and oxygen atoms in total. The quantitative estimate of drug-likeness (QED) is 0.298. The zero-order valence-electron chi connectivity index (χ0n) is 16.6. The minimum atomic E-state index is -0.413. The van der Waals surface area contributed by atoms with Crippen molar-refractivity contribution in [3.8, 4) is 0 Å². The Balaban J connectivity index is 1.59. The Bertz CT molecular complexity index is 1140. The molecule has 0 unspecified atom stereocenters. The van der Waals surface area contributed by atoms with Gasteiger partial charge in [0.15, 0.2) is 5.13 Å². The summed E-state index contributed by atoms with van der Waals surface area (Å²) in [6, 6.07) is 16.2. The van der Waals surface area contributed by atoms with E-state index in [1.54, 1.807) is 18.7 Å². The van der Waals surface area contributed by atoms with Crippen molar-refractivity contribution in [1.29, 1.82) is 0 Å². The monoisotopic (exact) mass is 436 g/mol. The second-order valence-electron chi connectivity index (χ2n) is 6.49. The van der Waals surface area contributed by atoms with Crippen molar-refractivity contribution in [3.05, 3.63) is 71.5 Å².